The summed E-state index contributed by atoms with van der Waals surface area (Å²) < 4.78 is 31.7. The maximum atomic E-state index is 12.6. The van der Waals surface area contributed by atoms with Gasteiger partial charge in [-0.25, -0.2) is 18.0 Å². The van der Waals surface area contributed by atoms with E-state index < -0.39 is 34.0 Å². The number of urea groups is 1. The standard InChI is InChI=1S/C18H25N3O6S/c1-3-19-18(24)20-16(22)13(2)27-17(23)14-7-9-15(10-8-14)28(25,26)21-11-5-4-6-12-21/h7-10,13H,3-6,11-12H2,1-2H3,(H2,19,20,22,24)/t13-/m0/s1. The summed E-state index contributed by atoms with van der Waals surface area (Å²) in [5.41, 5.74) is 0.107. The first-order chi connectivity index (χ1) is 13.3. The van der Waals surface area contributed by atoms with Crippen molar-refractivity contribution in [3.05, 3.63) is 29.8 Å². The summed E-state index contributed by atoms with van der Waals surface area (Å²) in [6.45, 7) is 4.36. The average Bonchev–Trinajstić information content (AvgIpc) is 2.68. The number of amides is 3. The number of hydrogen-bond donors (Lipinski definition) is 2. The fraction of sp³-hybridized carbons (Fsp3) is 0.500. The molecule has 1 aromatic carbocycles. The molecule has 0 unspecified atom stereocenters. The van der Waals surface area contributed by atoms with Gasteiger partial charge in [-0.2, -0.15) is 4.31 Å². The average molecular weight is 411 g/mol. The fourth-order valence-electron chi connectivity index (χ4n) is 2.72. The number of nitrogens with zero attached hydrogens (tertiary/aromatic N) is 1. The molecule has 1 heterocycles. The second-order valence-electron chi connectivity index (χ2n) is 6.39. The summed E-state index contributed by atoms with van der Waals surface area (Å²) >= 11 is 0. The van der Waals surface area contributed by atoms with Gasteiger partial charge in [0.15, 0.2) is 6.10 Å². The molecule has 3 amide bonds. The molecule has 1 aliphatic rings. The third-order valence-corrected chi connectivity index (χ3v) is 6.18. The highest BCUT2D eigenvalue weighted by atomic mass is 32.2. The van der Waals surface area contributed by atoms with Crippen LogP contribution in [0.5, 0.6) is 0 Å². The third-order valence-electron chi connectivity index (χ3n) is 4.27. The van der Waals surface area contributed by atoms with E-state index in [0.717, 1.165) is 19.3 Å². The van der Waals surface area contributed by atoms with Crippen molar-refractivity contribution in [2.24, 2.45) is 0 Å². The van der Waals surface area contributed by atoms with Crippen molar-refractivity contribution in [3.63, 3.8) is 0 Å². The predicted molar refractivity (Wildman–Crippen MR) is 101 cm³/mol. The molecule has 0 radical (unpaired) electrons. The summed E-state index contributed by atoms with van der Waals surface area (Å²) in [7, 11) is -3.59. The van der Waals surface area contributed by atoms with Crippen molar-refractivity contribution in [1.82, 2.24) is 14.9 Å². The molecule has 0 saturated carbocycles. The molecule has 28 heavy (non-hydrogen) atoms. The van der Waals surface area contributed by atoms with Crippen molar-refractivity contribution >= 4 is 27.9 Å². The van der Waals surface area contributed by atoms with Crippen LogP contribution in [0.15, 0.2) is 29.2 Å². The number of imide groups is 1. The fourth-order valence-corrected chi connectivity index (χ4v) is 4.23. The Bertz CT molecular complexity index is 816. The van der Waals surface area contributed by atoms with Gasteiger partial charge in [-0.05, 0) is 51.0 Å². The molecule has 0 bridgehead atoms. The maximum absolute atomic E-state index is 12.6. The lowest BCUT2D eigenvalue weighted by molar-refractivity contribution is -0.127. The summed E-state index contributed by atoms with van der Waals surface area (Å²) in [6, 6.07) is 4.70. The highest BCUT2D eigenvalue weighted by molar-refractivity contribution is 7.89. The molecular weight excluding hydrogens is 386 g/mol. The van der Waals surface area contributed by atoms with Gasteiger partial charge in [-0.3, -0.25) is 10.1 Å². The van der Waals surface area contributed by atoms with E-state index >= 15 is 0 Å². The normalized spacial score (nSPS) is 16.1. The van der Waals surface area contributed by atoms with Crippen molar-refractivity contribution in [3.8, 4) is 0 Å². The molecule has 1 aromatic rings. The van der Waals surface area contributed by atoms with E-state index in [1.807, 2.05) is 0 Å². The zero-order chi connectivity index (χ0) is 20.7. The number of sulfonamides is 1. The number of rotatable bonds is 6. The van der Waals surface area contributed by atoms with E-state index in [1.54, 1.807) is 6.92 Å². The zero-order valence-electron chi connectivity index (χ0n) is 15.9. The SMILES string of the molecule is CCNC(=O)NC(=O)[C@H](C)OC(=O)c1ccc(S(=O)(=O)N2CCCCC2)cc1. The Balaban J connectivity index is 1.99. The van der Waals surface area contributed by atoms with Crippen molar-refractivity contribution in [2.45, 2.75) is 44.1 Å². The van der Waals surface area contributed by atoms with E-state index in [4.69, 9.17) is 4.74 Å². The maximum Gasteiger partial charge on any atom is 0.338 e. The number of esters is 1. The summed E-state index contributed by atoms with van der Waals surface area (Å²) in [4.78, 5) is 35.4. The number of carbonyl (C=O) groups is 3. The van der Waals surface area contributed by atoms with E-state index in [2.05, 4.69) is 10.6 Å². The smallest absolute Gasteiger partial charge is 0.338 e. The molecule has 0 aromatic heterocycles. The minimum atomic E-state index is -3.59. The van der Waals surface area contributed by atoms with Gasteiger partial charge in [0.1, 0.15) is 0 Å². The molecule has 0 aliphatic carbocycles. The first-order valence-corrected chi connectivity index (χ1v) is 10.6. The van der Waals surface area contributed by atoms with Gasteiger partial charge >= 0.3 is 12.0 Å². The van der Waals surface area contributed by atoms with Gasteiger partial charge in [0, 0.05) is 19.6 Å². The van der Waals surface area contributed by atoms with Crippen LogP contribution in [0.25, 0.3) is 0 Å². The minimum absolute atomic E-state index is 0.105. The Hall–Kier alpha value is -2.46. The zero-order valence-corrected chi connectivity index (χ0v) is 16.8. The van der Waals surface area contributed by atoms with E-state index in [0.29, 0.717) is 19.6 Å². The highest BCUT2D eigenvalue weighted by Crippen LogP contribution is 2.21. The highest BCUT2D eigenvalue weighted by Gasteiger charge is 2.26. The lowest BCUT2D eigenvalue weighted by Crippen LogP contribution is -2.44. The number of nitrogens with one attached hydrogen (secondary N) is 2. The molecule has 1 atom stereocenters. The van der Waals surface area contributed by atoms with Crippen molar-refractivity contribution in [1.29, 1.82) is 0 Å². The number of hydrogen-bond acceptors (Lipinski definition) is 6. The van der Waals surface area contributed by atoms with Gasteiger partial charge in [0.25, 0.3) is 5.91 Å². The molecule has 2 rings (SSSR count). The van der Waals surface area contributed by atoms with Crippen LogP contribution in [-0.4, -0.2) is 56.4 Å². The van der Waals surface area contributed by atoms with Gasteiger partial charge < -0.3 is 10.1 Å². The molecule has 2 N–H and O–H groups in total. The number of benzene rings is 1. The van der Waals surface area contributed by atoms with Crippen LogP contribution in [0, 0.1) is 0 Å². The quantitative estimate of drug-likeness (QED) is 0.680. The van der Waals surface area contributed by atoms with Gasteiger partial charge in [-0.1, -0.05) is 6.42 Å². The molecule has 1 aliphatic heterocycles. The Morgan fingerprint density at radius 1 is 1.11 bits per heavy atom. The molecule has 154 valence electrons. The van der Waals surface area contributed by atoms with Crippen LogP contribution in [0.1, 0.15) is 43.5 Å². The molecular formula is C18H25N3O6S. The van der Waals surface area contributed by atoms with Gasteiger partial charge in [-0.15, -0.1) is 0 Å². The Morgan fingerprint density at radius 2 is 1.71 bits per heavy atom. The third kappa shape index (κ3) is 5.52. The van der Waals surface area contributed by atoms with Crippen LogP contribution in [0.2, 0.25) is 0 Å². The van der Waals surface area contributed by atoms with E-state index in [-0.39, 0.29) is 10.5 Å². The number of ether oxygens (including phenoxy) is 1. The largest absolute Gasteiger partial charge is 0.449 e. The van der Waals surface area contributed by atoms with Crippen LogP contribution in [0.3, 0.4) is 0 Å². The van der Waals surface area contributed by atoms with Crippen molar-refractivity contribution < 1.29 is 27.5 Å². The lowest BCUT2D eigenvalue weighted by Gasteiger charge is -2.25. The van der Waals surface area contributed by atoms with Crippen molar-refractivity contribution in [2.75, 3.05) is 19.6 Å². The van der Waals surface area contributed by atoms with Crippen LogP contribution in [-0.2, 0) is 19.6 Å². The Labute approximate surface area is 164 Å². The monoisotopic (exact) mass is 411 g/mol. The van der Waals surface area contributed by atoms with E-state index in [9.17, 15) is 22.8 Å². The Morgan fingerprint density at radius 3 is 2.29 bits per heavy atom. The lowest BCUT2D eigenvalue weighted by atomic mass is 10.2. The second-order valence-corrected chi connectivity index (χ2v) is 8.32. The molecule has 1 saturated heterocycles. The first kappa shape index (κ1) is 21.8. The Kier molecular flexibility index (Phi) is 7.53. The molecule has 9 nitrogen and oxygen atoms in total. The van der Waals surface area contributed by atoms with Crippen LogP contribution in [0.4, 0.5) is 4.79 Å². The number of carbonyl (C=O) groups excluding carboxylic acids is 3. The molecule has 1 fully saturated rings. The van der Waals surface area contributed by atoms with Crippen LogP contribution >= 0.6 is 0 Å². The molecule has 10 heteroatoms. The minimum Gasteiger partial charge on any atom is -0.449 e. The second kappa shape index (κ2) is 9.65. The summed E-state index contributed by atoms with van der Waals surface area (Å²) in [6.07, 6.45) is 1.49. The van der Waals surface area contributed by atoms with Gasteiger partial charge in [0.2, 0.25) is 10.0 Å². The number of piperidine rings is 1. The first-order valence-electron chi connectivity index (χ1n) is 9.15. The van der Waals surface area contributed by atoms with E-state index in [1.165, 1.54) is 35.5 Å². The predicted octanol–water partition coefficient (Wildman–Crippen LogP) is 1.25. The summed E-state index contributed by atoms with van der Waals surface area (Å²) in [5.74, 6) is -1.55. The van der Waals surface area contributed by atoms with Crippen LogP contribution < -0.4 is 10.6 Å². The summed E-state index contributed by atoms with van der Waals surface area (Å²) in [5, 5.41) is 4.44. The van der Waals surface area contributed by atoms with Gasteiger partial charge in [0.05, 0.1) is 10.5 Å². The topological polar surface area (TPSA) is 122 Å². The molecule has 0 spiro atoms.